The average Bonchev–Trinajstić information content (AvgIpc) is 2.33. The number of ketones is 1. The van der Waals surface area contributed by atoms with Crippen molar-refractivity contribution >= 4 is 17.6 Å². The van der Waals surface area contributed by atoms with E-state index in [1.54, 1.807) is 6.08 Å². The zero-order valence-corrected chi connectivity index (χ0v) is 7.19. The summed E-state index contributed by atoms with van der Waals surface area (Å²) in [7, 11) is 1.43. The number of hydrogen-bond donors (Lipinski definition) is 0. The Morgan fingerprint density at radius 3 is 2.62 bits per heavy atom. The van der Waals surface area contributed by atoms with Crippen LogP contribution in [0.5, 0.6) is 0 Å². The number of imide groups is 1. The zero-order chi connectivity index (χ0) is 9.59. The molecular formula is C9H9NO3. The number of rotatable bonds is 0. The third-order valence-electron chi connectivity index (χ3n) is 2.63. The summed E-state index contributed by atoms with van der Waals surface area (Å²) in [6.45, 7) is 0. The van der Waals surface area contributed by atoms with Gasteiger partial charge >= 0.3 is 0 Å². The number of likely N-dealkylation sites (tertiary alicyclic amines) is 1. The minimum Gasteiger partial charge on any atom is -0.294 e. The lowest BCUT2D eigenvalue weighted by molar-refractivity contribution is -0.138. The van der Waals surface area contributed by atoms with Crippen LogP contribution in [0, 0.1) is 11.8 Å². The van der Waals surface area contributed by atoms with Crippen LogP contribution in [0.25, 0.3) is 0 Å². The second-order valence-corrected chi connectivity index (χ2v) is 3.36. The van der Waals surface area contributed by atoms with Crippen molar-refractivity contribution in [3.8, 4) is 0 Å². The van der Waals surface area contributed by atoms with E-state index in [0.717, 1.165) is 4.90 Å². The van der Waals surface area contributed by atoms with E-state index >= 15 is 0 Å². The van der Waals surface area contributed by atoms with E-state index in [-0.39, 0.29) is 17.6 Å². The van der Waals surface area contributed by atoms with Crippen LogP contribution in [0.15, 0.2) is 12.2 Å². The minimum atomic E-state index is -0.734. The Labute approximate surface area is 75.2 Å². The van der Waals surface area contributed by atoms with Crippen molar-refractivity contribution in [2.45, 2.75) is 6.42 Å². The Kier molecular flexibility index (Phi) is 1.58. The number of amides is 2. The fourth-order valence-electron chi connectivity index (χ4n) is 1.87. The second-order valence-electron chi connectivity index (χ2n) is 3.36. The highest BCUT2D eigenvalue weighted by Gasteiger charge is 2.49. The van der Waals surface area contributed by atoms with Crippen molar-refractivity contribution in [2.75, 3.05) is 7.05 Å². The van der Waals surface area contributed by atoms with Crippen LogP contribution in [0.3, 0.4) is 0 Å². The molecule has 1 aliphatic carbocycles. The Morgan fingerprint density at radius 2 is 2.00 bits per heavy atom. The van der Waals surface area contributed by atoms with Crippen LogP contribution in [0.4, 0.5) is 0 Å². The van der Waals surface area contributed by atoms with Gasteiger partial charge in [0.1, 0.15) is 5.92 Å². The van der Waals surface area contributed by atoms with Gasteiger partial charge in [0.05, 0.1) is 5.92 Å². The molecule has 0 saturated carbocycles. The van der Waals surface area contributed by atoms with E-state index in [9.17, 15) is 14.4 Å². The van der Waals surface area contributed by atoms with Crippen LogP contribution >= 0.6 is 0 Å². The van der Waals surface area contributed by atoms with E-state index in [1.165, 1.54) is 13.1 Å². The van der Waals surface area contributed by atoms with Gasteiger partial charge in [-0.15, -0.1) is 0 Å². The largest absolute Gasteiger partial charge is 0.294 e. The van der Waals surface area contributed by atoms with Crippen LogP contribution in [-0.4, -0.2) is 29.5 Å². The number of allylic oxidation sites excluding steroid dienone is 2. The normalized spacial score (nSPS) is 32.7. The predicted octanol–water partition coefficient (Wildman–Crippen LogP) is -0.254. The average molecular weight is 179 g/mol. The molecule has 2 atom stereocenters. The molecule has 2 aliphatic rings. The van der Waals surface area contributed by atoms with Gasteiger partial charge in [-0.1, -0.05) is 6.08 Å². The highest BCUT2D eigenvalue weighted by Crippen LogP contribution is 2.31. The first kappa shape index (κ1) is 8.16. The topological polar surface area (TPSA) is 54.5 Å². The van der Waals surface area contributed by atoms with Crippen LogP contribution in [0.2, 0.25) is 0 Å². The van der Waals surface area contributed by atoms with E-state index in [4.69, 9.17) is 0 Å². The van der Waals surface area contributed by atoms with Gasteiger partial charge < -0.3 is 0 Å². The quantitative estimate of drug-likeness (QED) is 0.380. The first-order valence-corrected chi connectivity index (χ1v) is 4.14. The van der Waals surface area contributed by atoms with E-state index in [2.05, 4.69) is 0 Å². The maximum atomic E-state index is 11.4. The van der Waals surface area contributed by atoms with Crippen molar-refractivity contribution in [1.82, 2.24) is 4.90 Å². The number of fused-ring (bicyclic) bond motifs is 1. The van der Waals surface area contributed by atoms with Gasteiger partial charge in [0.2, 0.25) is 11.8 Å². The lowest BCUT2D eigenvalue weighted by atomic mass is 9.84. The zero-order valence-electron chi connectivity index (χ0n) is 7.19. The molecule has 0 N–H and O–H groups in total. The molecule has 0 bridgehead atoms. The van der Waals surface area contributed by atoms with Crippen molar-refractivity contribution < 1.29 is 14.4 Å². The van der Waals surface area contributed by atoms with E-state index in [1.807, 2.05) is 0 Å². The Hall–Kier alpha value is -1.45. The first-order chi connectivity index (χ1) is 6.13. The molecule has 68 valence electrons. The number of hydrogen-bond acceptors (Lipinski definition) is 3. The molecule has 2 rings (SSSR count). The first-order valence-electron chi connectivity index (χ1n) is 4.14. The van der Waals surface area contributed by atoms with Crippen LogP contribution in [0.1, 0.15) is 6.42 Å². The second kappa shape index (κ2) is 2.52. The minimum absolute atomic E-state index is 0.229. The molecule has 4 heteroatoms. The molecular weight excluding hydrogens is 170 g/mol. The van der Waals surface area contributed by atoms with Gasteiger partial charge in [0, 0.05) is 7.05 Å². The molecule has 0 spiro atoms. The Morgan fingerprint density at radius 1 is 1.31 bits per heavy atom. The summed E-state index contributed by atoms with van der Waals surface area (Å²) in [5, 5.41) is 0. The van der Waals surface area contributed by atoms with Gasteiger partial charge in [-0.2, -0.15) is 0 Å². The third-order valence-corrected chi connectivity index (χ3v) is 2.63. The van der Waals surface area contributed by atoms with E-state index < -0.39 is 11.8 Å². The lowest BCUT2D eigenvalue weighted by Gasteiger charge is -2.13. The molecule has 4 nitrogen and oxygen atoms in total. The summed E-state index contributed by atoms with van der Waals surface area (Å²) in [5.41, 5.74) is 0. The Bertz CT molecular complexity index is 332. The van der Waals surface area contributed by atoms with E-state index in [0.29, 0.717) is 6.42 Å². The fourth-order valence-corrected chi connectivity index (χ4v) is 1.87. The smallest absolute Gasteiger partial charge is 0.240 e. The van der Waals surface area contributed by atoms with Crippen molar-refractivity contribution in [2.24, 2.45) is 11.8 Å². The van der Waals surface area contributed by atoms with Crippen LogP contribution < -0.4 is 0 Å². The molecule has 2 amide bonds. The summed E-state index contributed by atoms with van der Waals surface area (Å²) in [5.74, 6) is -1.99. The highest BCUT2D eigenvalue weighted by atomic mass is 16.2. The fraction of sp³-hybridized carbons (Fsp3) is 0.444. The maximum Gasteiger partial charge on any atom is 0.240 e. The molecule has 1 fully saturated rings. The van der Waals surface area contributed by atoms with Crippen molar-refractivity contribution in [3.63, 3.8) is 0 Å². The maximum absolute atomic E-state index is 11.4. The lowest BCUT2D eigenvalue weighted by Crippen LogP contribution is -2.29. The monoisotopic (exact) mass is 179 g/mol. The molecule has 1 heterocycles. The van der Waals surface area contributed by atoms with Gasteiger partial charge in [0.15, 0.2) is 5.78 Å². The molecule has 0 radical (unpaired) electrons. The van der Waals surface area contributed by atoms with Crippen LogP contribution in [-0.2, 0) is 14.4 Å². The molecule has 0 unspecified atom stereocenters. The SMILES string of the molecule is CN1C(=O)[C@H]2C(=O)C=CC[C@H]2C1=O. The number of carbonyl (C=O) groups excluding carboxylic acids is 3. The molecule has 13 heavy (non-hydrogen) atoms. The van der Waals surface area contributed by atoms with Gasteiger partial charge in [-0.25, -0.2) is 0 Å². The summed E-state index contributed by atoms with van der Waals surface area (Å²) in [6, 6.07) is 0. The summed E-state index contributed by atoms with van der Waals surface area (Å²) in [4.78, 5) is 35.2. The van der Waals surface area contributed by atoms with Gasteiger partial charge in [-0.3, -0.25) is 19.3 Å². The van der Waals surface area contributed by atoms with Gasteiger partial charge in [-0.05, 0) is 12.5 Å². The molecule has 1 aliphatic heterocycles. The third kappa shape index (κ3) is 0.946. The van der Waals surface area contributed by atoms with Crippen molar-refractivity contribution in [3.05, 3.63) is 12.2 Å². The standard InChI is InChI=1S/C9H9NO3/c1-10-8(12)5-3-2-4-6(11)7(5)9(10)13/h2,4-5,7H,3H2,1H3/t5-,7-/m1/s1. The predicted molar refractivity (Wildman–Crippen MR) is 43.5 cm³/mol. The van der Waals surface area contributed by atoms with Crippen molar-refractivity contribution in [1.29, 1.82) is 0 Å². The molecule has 1 saturated heterocycles. The Balaban J connectivity index is 2.42. The number of carbonyl (C=O) groups is 3. The number of nitrogens with zero attached hydrogens (tertiary/aromatic N) is 1. The molecule has 0 aromatic carbocycles. The highest BCUT2D eigenvalue weighted by molar-refractivity contribution is 6.18. The summed E-state index contributed by atoms with van der Waals surface area (Å²) < 4.78 is 0. The summed E-state index contributed by atoms with van der Waals surface area (Å²) in [6.07, 6.45) is 3.56. The van der Waals surface area contributed by atoms with Gasteiger partial charge in [0.25, 0.3) is 0 Å². The summed E-state index contributed by atoms with van der Waals surface area (Å²) >= 11 is 0. The molecule has 0 aromatic heterocycles. The molecule has 0 aromatic rings.